The number of nitrogens with one attached hydrogen (secondary N) is 1. The maximum atomic E-state index is 12.5. The van der Waals surface area contributed by atoms with Crippen LogP contribution in [0.4, 0.5) is 18.3 Å². The van der Waals surface area contributed by atoms with Gasteiger partial charge in [-0.15, -0.1) is 10.2 Å². The van der Waals surface area contributed by atoms with Crippen molar-refractivity contribution in [3.05, 3.63) is 40.4 Å². The van der Waals surface area contributed by atoms with Gasteiger partial charge in [0.2, 0.25) is 10.1 Å². The van der Waals surface area contributed by atoms with Gasteiger partial charge in [-0.05, 0) is 17.5 Å². The Morgan fingerprint density at radius 2 is 2.00 bits per heavy atom. The minimum Gasteiger partial charge on any atom is -0.352 e. The van der Waals surface area contributed by atoms with Gasteiger partial charge in [0.25, 0.3) is 0 Å². The highest BCUT2D eigenvalue weighted by molar-refractivity contribution is 7.15. The quantitative estimate of drug-likeness (QED) is 0.895. The van der Waals surface area contributed by atoms with E-state index >= 15 is 0 Å². The second-order valence-electron chi connectivity index (χ2n) is 4.60. The first kappa shape index (κ1) is 13.3. The summed E-state index contributed by atoms with van der Waals surface area (Å²) in [5.41, 5.74) is 8.15. The van der Waals surface area contributed by atoms with E-state index in [1.54, 1.807) is 0 Å². The van der Waals surface area contributed by atoms with Gasteiger partial charge in [-0.1, -0.05) is 35.6 Å². The van der Waals surface area contributed by atoms with E-state index < -0.39 is 11.2 Å². The lowest BCUT2D eigenvalue weighted by molar-refractivity contribution is -0.138. The predicted molar refractivity (Wildman–Crippen MR) is 69.4 cm³/mol. The molecule has 4 nitrogen and oxygen atoms in total. The van der Waals surface area contributed by atoms with Gasteiger partial charge in [0.05, 0.1) is 6.04 Å². The third-order valence-electron chi connectivity index (χ3n) is 3.22. The highest BCUT2D eigenvalue weighted by Gasteiger charge is 2.36. The first-order chi connectivity index (χ1) is 9.45. The third kappa shape index (κ3) is 2.36. The molecule has 2 atom stereocenters. The summed E-state index contributed by atoms with van der Waals surface area (Å²) in [5, 5.41) is 8.82. The summed E-state index contributed by atoms with van der Waals surface area (Å²) in [6.45, 7) is 0. The SMILES string of the molecule is NC1Cc2ccccc2C1Nc1nnc(C(F)(F)F)s1. The van der Waals surface area contributed by atoms with E-state index in [0.29, 0.717) is 17.8 Å². The monoisotopic (exact) mass is 300 g/mol. The van der Waals surface area contributed by atoms with E-state index in [1.165, 1.54) is 0 Å². The van der Waals surface area contributed by atoms with Gasteiger partial charge in [0.15, 0.2) is 0 Å². The molecule has 3 rings (SSSR count). The summed E-state index contributed by atoms with van der Waals surface area (Å²) < 4.78 is 37.5. The summed E-state index contributed by atoms with van der Waals surface area (Å²) in [6.07, 6.45) is -3.77. The minimum atomic E-state index is -4.46. The second kappa shape index (κ2) is 4.71. The minimum absolute atomic E-state index is 0.134. The van der Waals surface area contributed by atoms with Crippen molar-refractivity contribution in [3.8, 4) is 0 Å². The Balaban J connectivity index is 1.83. The van der Waals surface area contributed by atoms with Gasteiger partial charge < -0.3 is 11.1 Å². The van der Waals surface area contributed by atoms with Crippen LogP contribution < -0.4 is 11.1 Å². The Hall–Kier alpha value is -1.67. The Morgan fingerprint density at radius 1 is 1.25 bits per heavy atom. The molecule has 1 aromatic heterocycles. The number of aromatic nitrogens is 2. The fourth-order valence-electron chi connectivity index (χ4n) is 2.34. The van der Waals surface area contributed by atoms with E-state index in [-0.39, 0.29) is 17.2 Å². The summed E-state index contributed by atoms with van der Waals surface area (Å²) >= 11 is 0.489. The normalized spacial score (nSPS) is 21.8. The summed E-state index contributed by atoms with van der Waals surface area (Å²) in [5.74, 6) is 0. The molecular formula is C12H11F3N4S. The molecule has 3 N–H and O–H groups in total. The number of halogens is 3. The zero-order valence-electron chi connectivity index (χ0n) is 10.2. The van der Waals surface area contributed by atoms with Crippen molar-refractivity contribution in [2.45, 2.75) is 24.7 Å². The molecule has 0 saturated carbocycles. The molecule has 1 aromatic carbocycles. The summed E-state index contributed by atoms with van der Waals surface area (Å²) in [4.78, 5) is 0. The van der Waals surface area contributed by atoms with E-state index in [0.717, 1.165) is 11.1 Å². The molecule has 1 aliphatic rings. The molecule has 2 unspecified atom stereocenters. The lowest BCUT2D eigenvalue weighted by Gasteiger charge is -2.17. The first-order valence-corrected chi connectivity index (χ1v) is 6.77. The maximum Gasteiger partial charge on any atom is 0.445 e. The van der Waals surface area contributed by atoms with Crippen LogP contribution in [0.3, 0.4) is 0 Å². The van der Waals surface area contributed by atoms with Crippen LogP contribution in [0.15, 0.2) is 24.3 Å². The van der Waals surface area contributed by atoms with Crippen LogP contribution in [0.1, 0.15) is 22.2 Å². The number of hydrogen-bond donors (Lipinski definition) is 2. The zero-order chi connectivity index (χ0) is 14.3. The number of nitrogens with two attached hydrogens (primary N) is 1. The average Bonchev–Trinajstić information content (AvgIpc) is 2.95. The summed E-state index contributed by atoms with van der Waals surface area (Å²) in [6, 6.07) is 7.27. The van der Waals surface area contributed by atoms with Crippen molar-refractivity contribution in [1.82, 2.24) is 10.2 Å². The molecule has 0 amide bonds. The third-order valence-corrected chi connectivity index (χ3v) is 4.12. The highest BCUT2D eigenvalue weighted by atomic mass is 32.1. The van der Waals surface area contributed by atoms with Crippen molar-refractivity contribution >= 4 is 16.5 Å². The van der Waals surface area contributed by atoms with Crippen LogP contribution in [-0.4, -0.2) is 16.2 Å². The van der Waals surface area contributed by atoms with Gasteiger partial charge in [-0.25, -0.2) is 0 Å². The van der Waals surface area contributed by atoms with Crippen molar-refractivity contribution in [2.75, 3.05) is 5.32 Å². The Kier molecular flexibility index (Phi) is 3.14. The Labute approximate surface area is 116 Å². The standard InChI is InChI=1S/C12H11F3N4S/c13-12(14,15)10-18-19-11(20-10)17-9-7-4-2-1-3-6(7)5-8(9)16/h1-4,8-9H,5,16H2,(H,17,19). The molecule has 0 spiro atoms. The summed E-state index contributed by atoms with van der Waals surface area (Å²) in [7, 11) is 0. The molecular weight excluding hydrogens is 289 g/mol. The highest BCUT2D eigenvalue weighted by Crippen LogP contribution is 2.37. The lowest BCUT2D eigenvalue weighted by atomic mass is 10.1. The number of rotatable bonds is 2. The molecule has 0 fully saturated rings. The van der Waals surface area contributed by atoms with Crippen LogP contribution in [0.2, 0.25) is 0 Å². The van der Waals surface area contributed by atoms with Gasteiger partial charge in [0.1, 0.15) is 0 Å². The molecule has 8 heteroatoms. The number of benzene rings is 1. The molecule has 106 valence electrons. The van der Waals surface area contributed by atoms with Crippen LogP contribution in [-0.2, 0) is 12.6 Å². The fourth-order valence-corrected chi connectivity index (χ4v) is 2.99. The van der Waals surface area contributed by atoms with Gasteiger partial charge in [-0.3, -0.25) is 0 Å². The van der Waals surface area contributed by atoms with Gasteiger partial charge in [0, 0.05) is 6.04 Å². The van der Waals surface area contributed by atoms with E-state index in [2.05, 4.69) is 15.5 Å². The first-order valence-electron chi connectivity index (χ1n) is 5.96. The van der Waals surface area contributed by atoms with E-state index in [1.807, 2.05) is 24.3 Å². The zero-order valence-corrected chi connectivity index (χ0v) is 11.0. The molecule has 0 aliphatic heterocycles. The largest absolute Gasteiger partial charge is 0.445 e. The fraction of sp³-hybridized carbons (Fsp3) is 0.333. The molecule has 2 aromatic rings. The molecule has 1 aliphatic carbocycles. The van der Waals surface area contributed by atoms with Crippen molar-refractivity contribution < 1.29 is 13.2 Å². The van der Waals surface area contributed by atoms with Crippen LogP contribution >= 0.6 is 11.3 Å². The number of fused-ring (bicyclic) bond motifs is 1. The molecule has 20 heavy (non-hydrogen) atoms. The predicted octanol–water partition coefficient (Wildman–Crippen LogP) is 2.59. The smallest absolute Gasteiger partial charge is 0.352 e. The number of nitrogens with zero attached hydrogens (tertiary/aromatic N) is 2. The van der Waals surface area contributed by atoms with Crippen LogP contribution in [0.5, 0.6) is 0 Å². The maximum absolute atomic E-state index is 12.5. The molecule has 1 heterocycles. The molecule has 0 bridgehead atoms. The molecule has 0 radical (unpaired) electrons. The van der Waals surface area contributed by atoms with Crippen LogP contribution in [0.25, 0.3) is 0 Å². The van der Waals surface area contributed by atoms with Gasteiger partial charge in [-0.2, -0.15) is 13.2 Å². The second-order valence-corrected chi connectivity index (χ2v) is 5.58. The average molecular weight is 300 g/mol. The van der Waals surface area contributed by atoms with E-state index in [9.17, 15) is 13.2 Å². The lowest BCUT2D eigenvalue weighted by Crippen LogP contribution is -2.29. The van der Waals surface area contributed by atoms with Crippen molar-refractivity contribution in [1.29, 1.82) is 0 Å². The van der Waals surface area contributed by atoms with Crippen molar-refractivity contribution in [3.63, 3.8) is 0 Å². The van der Waals surface area contributed by atoms with Crippen LogP contribution in [0, 0.1) is 0 Å². The van der Waals surface area contributed by atoms with Crippen molar-refractivity contribution in [2.24, 2.45) is 5.73 Å². The molecule has 0 saturated heterocycles. The number of alkyl halides is 3. The van der Waals surface area contributed by atoms with E-state index in [4.69, 9.17) is 5.73 Å². The number of hydrogen-bond acceptors (Lipinski definition) is 5. The number of anilines is 1. The Bertz CT molecular complexity index is 625. The Morgan fingerprint density at radius 3 is 2.70 bits per heavy atom. The van der Waals surface area contributed by atoms with Gasteiger partial charge >= 0.3 is 6.18 Å². The topological polar surface area (TPSA) is 63.8 Å².